The van der Waals surface area contributed by atoms with Crippen LogP contribution in [0.25, 0.3) is 0 Å². The van der Waals surface area contributed by atoms with Gasteiger partial charge in [-0.2, -0.15) is 0 Å². The van der Waals surface area contributed by atoms with Gasteiger partial charge in [0.2, 0.25) is 0 Å². The number of anilines is 1. The Morgan fingerprint density at radius 3 is 2.72 bits per heavy atom. The molecule has 1 heterocycles. The Bertz CT molecular complexity index is 686. The van der Waals surface area contributed by atoms with E-state index >= 15 is 0 Å². The van der Waals surface area contributed by atoms with Crippen molar-refractivity contribution in [2.45, 2.75) is 19.8 Å². The fraction of sp³-hybridized carbons (Fsp3) is 0.444. The molecule has 1 aromatic heterocycles. The molecule has 25 heavy (non-hydrogen) atoms. The molecule has 0 aliphatic heterocycles. The maximum absolute atomic E-state index is 13.7. The van der Waals surface area contributed by atoms with Gasteiger partial charge in [0, 0.05) is 45.5 Å². The van der Waals surface area contributed by atoms with E-state index in [1.54, 1.807) is 30.5 Å². The van der Waals surface area contributed by atoms with E-state index in [4.69, 9.17) is 0 Å². The number of para-hydroxylation sites is 1. The molecular formula is C18H26FN5S. The van der Waals surface area contributed by atoms with Crippen LogP contribution in [0.2, 0.25) is 0 Å². The van der Waals surface area contributed by atoms with Gasteiger partial charge in [-0.25, -0.2) is 9.37 Å². The van der Waals surface area contributed by atoms with E-state index in [0.29, 0.717) is 5.69 Å². The summed E-state index contributed by atoms with van der Waals surface area (Å²) in [4.78, 5) is 10.6. The molecule has 2 aromatic rings. The van der Waals surface area contributed by atoms with Crippen LogP contribution in [0.1, 0.15) is 17.1 Å². The summed E-state index contributed by atoms with van der Waals surface area (Å²) >= 11 is 1.67. The second kappa shape index (κ2) is 9.98. The van der Waals surface area contributed by atoms with Crippen molar-refractivity contribution in [3.05, 3.63) is 46.2 Å². The summed E-state index contributed by atoms with van der Waals surface area (Å²) in [6.45, 7) is 4.34. The van der Waals surface area contributed by atoms with Crippen molar-refractivity contribution in [3.8, 4) is 0 Å². The third-order valence-electron chi connectivity index (χ3n) is 3.79. The summed E-state index contributed by atoms with van der Waals surface area (Å²) in [7, 11) is 3.66. The number of guanidine groups is 1. The molecule has 2 N–H and O–H groups in total. The molecule has 136 valence electrons. The van der Waals surface area contributed by atoms with Crippen molar-refractivity contribution < 1.29 is 4.39 Å². The van der Waals surface area contributed by atoms with E-state index in [9.17, 15) is 4.39 Å². The Kier molecular flexibility index (Phi) is 7.66. The minimum Gasteiger partial charge on any atom is -0.372 e. The number of halogens is 1. The van der Waals surface area contributed by atoms with Crippen molar-refractivity contribution in [1.29, 1.82) is 0 Å². The zero-order valence-corrected chi connectivity index (χ0v) is 15.9. The zero-order valence-electron chi connectivity index (χ0n) is 15.1. The molecule has 0 atom stereocenters. The molecule has 0 spiro atoms. The smallest absolute Gasteiger partial charge is 0.190 e. The number of thiazole rings is 1. The normalized spacial score (nSPS) is 11.4. The number of nitrogens with zero attached hydrogens (tertiary/aromatic N) is 3. The highest BCUT2D eigenvalue weighted by atomic mass is 32.1. The maximum Gasteiger partial charge on any atom is 0.190 e. The summed E-state index contributed by atoms with van der Waals surface area (Å²) in [6.07, 6.45) is 1.76. The van der Waals surface area contributed by atoms with Crippen LogP contribution in [0.3, 0.4) is 0 Å². The van der Waals surface area contributed by atoms with Gasteiger partial charge in [0.1, 0.15) is 5.82 Å². The molecule has 0 aliphatic carbocycles. The van der Waals surface area contributed by atoms with Gasteiger partial charge >= 0.3 is 0 Å². The van der Waals surface area contributed by atoms with E-state index in [-0.39, 0.29) is 5.82 Å². The van der Waals surface area contributed by atoms with E-state index < -0.39 is 0 Å². The van der Waals surface area contributed by atoms with Gasteiger partial charge in [-0.3, -0.25) is 4.99 Å². The topological polar surface area (TPSA) is 52.6 Å². The molecule has 7 heteroatoms. The third kappa shape index (κ3) is 6.34. The predicted molar refractivity (Wildman–Crippen MR) is 104 cm³/mol. The van der Waals surface area contributed by atoms with E-state index in [2.05, 4.69) is 26.0 Å². The average molecular weight is 364 g/mol. The number of benzene rings is 1. The number of hydrogen-bond donors (Lipinski definition) is 2. The average Bonchev–Trinajstić information content (AvgIpc) is 3.02. The minimum atomic E-state index is -0.187. The largest absolute Gasteiger partial charge is 0.372 e. The second-order valence-electron chi connectivity index (χ2n) is 5.76. The summed E-state index contributed by atoms with van der Waals surface area (Å²) in [6, 6.07) is 6.84. The van der Waals surface area contributed by atoms with Crippen LogP contribution < -0.4 is 15.5 Å². The molecule has 0 unspecified atom stereocenters. The number of aromatic nitrogens is 1. The highest BCUT2D eigenvalue weighted by molar-refractivity contribution is 7.09. The molecular weight excluding hydrogens is 337 g/mol. The SMILES string of the molecule is CN=C(NCCCN(C)c1ccccc1F)NCCc1csc(C)n1. The molecule has 0 fully saturated rings. The summed E-state index contributed by atoms with van der Waals surface area (Å²) in [5.41, 5.74) is 1.74. The molecule has 0 bridgehead atoms. The van der Waals surface area contributed by atoms with Crippen molar-refractivity contribution in [1.82, 2.24) is 15.6 Å². The monoisotopic (exact) mass is 363 g/mol. The highest BCUT2D eigenvalue weighted by Gasteiger charge is 2.06. The Morgan fingerprint density at radius 2 is 2.04 bits per heavy atom. The van der Waals surface area contributed by atoms with Gasteiger partial charge in [-0.15, -0.1) is 11.3 Å². The number of nitrogens with one attached hydrogen (secondary N) is 2. The Morgan fingerprint density at radius 1 is 1.28 bits per heavy atom. The third-order valence-corrected chi connectivity index (χ3v) is 4.61. The number of aliphatic imine (C=N–C) groups is 1. The van der Waals surface area contributed by atoms with Crippen molar-refractivity contribution in [2.24, 2.45) is 4.99 Å². The van der Waals surface area contributed by atoms with Crippen LogP contribution in [-0.4, -0.2) is 44.7 Å². The number of hydrogen-bond acceptors (Lipinski definition) is 4. The van der Waals surface area contributed by atoms with Crippen LogP contribution in [0.15, 0.2) is 34.6 Å². The van der Waals surface area contributed by atoms with E-state index in [1.165, 1.54) is 6.07 Å². The first kappa shape index (κ1) is 19.2. The van der Waals surface area contributed by atoms with Crippen molar-refractivity contribution >= 4 is 23.0 Å². The number of aryl methyl sites for hydroxylation is 1. The van der Waals surface area contributed by atoms with E-state index in [0.717, 1.165) is 49.1 Å². The van der Waals surface area contributed by atoms with Crippen molar-refractivity contribution in [3.63, 3.8) is 0 Å². The highest BCUT2D eigenvalue weighted by Crippen LogP contribution is 2.16. The lowest BCUT2D eigenvalue weighted by molar-refractivity contribution is 0.619. The molecule has 0 saturated carbocycles. The fourth-order valence-corrected chi connectivity index (χ4v) is 3.10. The lowest BCUT2D eigenvalue weighted by atomic mass is 10.2. The minimum absolute atomic E-state index is 0.187. The molecule has 5 nitrogen and oxygen atoms in total. The Labute approximate surface area is 153 Å². The fourth-order valence-electron chi connectivity index (χ4n) is 2.46. The lowest BCUT2D eigenvalue weighted by Crippen LogP contribution is -2.39. The Balaban J connectivity index is 1.64. The van der Waals surface area contributed by atoms with Crippen LogP contribution in [0.4, 0.5) is 10.1 Å². The first-order valence-corrected chi connectivity index (χ1v) is 9.29. The quantitative estimate of drug-likeness (QED) is 0.430. The van der Waals surface area contributed by atoms with Crippen LogP contribution in [0, 0.1) is 12.7 Å². The molecule has 0 aliphatic rings. The molecule has 1 aromatic carbocycles. The molecule has 0 radical (unpaired) electrons. The first-order chi connectivity index (χ1) is 12.1. The van der Waals surface area contributed by atoms with E-state index in [1.807, 2.05) is 24.9 Å². The predicted octanol–water partition coefficient (Wildman–Crippen LogP) is 2.82. The summed E-state index contributed by atoms with van der Waals surface area (Å²) in [5.74, 6) is 0.591. The van der Waals surface area contributed by atoms with Gasteiger partial charge < -0.3 is 15.5 Å². The van der Waals surface area contributed by atoms with Crippen LogP contribution in [-0.2, 0) is 6.42 Å². The van der Waals surface area contributed by atoms with Gasteiger partial charge in [0.15, 0.2) is 5.96 Å². The first-order valence-electron chi connectivity index (χ1n) is 8.41. The molecule has 2 rings (SSSR count). The van der Waals surface area contributed by atoms with Gasteiger partial charge in [0.05, 0.1) is 16.4 Å². The van der Waals surface area contributed by atoms with Crippen molar-refractivity contribution in [2.75, 3.05) is 38.6 Å². The summed E-state index contributed by atoms with van der Waals surface area (Å²) in [5, 5.41) is 9.75. The maximum atomic E-state index is 13.7. The second-order valence-corrected chi connectivity index (χ2v) is 6.82. The van der Waals surface area contributed by atoms with Crippen LogP contribution >= 0.6 is 11.3 Å². The summed E-state index contributed by atoms with van der Waals surface area (Å²) < 4.78 is 13.7. The van der Waals surface area contributed by atoms with Crippen LogP contribution in [0.5, 0.6) is 0 Å². The molecule has 0 saturated heterocycles. The zero-order chi connectivity index (χ0) is 18.1. The van der Waals surface area contributed by atoms with Gasteiger partial charge in [0.25, 0.3) is 0 Å². The van der Waals surface area contributed by atoms with Gasteiger partial charge in [-0.05, 0) is 25.5 Å². The standard InChI is InChI=1S/C18H26FN5S/c1-14-23-15(13-25-14)9-11-22-18(20-2)21-10-6-12-24(3)17-8-5-4-7-16(17)19/h4-5,7-8,13H,6,9-12H2,1-3H3,(H2,20,21,22). The molecule has 0 amide bonds. The Hall–Kier alpha value is -2.15. The lowest BCUT2D eigenvalue weighted by Gasteiger charge is -2.20. The van der Waals surface area contributed by atoms with Gasteiger partial charge in [-0.1, -0.05) is 12.1 Å². The number of rotatable bonds is 8.